The van der Waals surface area contributed by atoms with Gasteiger partial charge in [-0.1, -0.05) is 30.3 Å². The molecule has 0 spiro atoms. The minimum absolute atomic E-state index is 0.00106. The number of carbonyl (C=O) groups is 1. The fourth-order valence-corrected chi connectivity index (χ4v) is 1.86. The lowest BCUT2D eigenvalue weighted by Crippen LogP contribution is -2.31. The third kappa shape index (κ3) is 1.83. The Hall–Kier alpha value is -2.41. The highest BCUT2D eigenvalue weighted by atomic mass is 16.2. The summed E-state index contributed by atoms with van der Waals surface area (Å²) in [6, 6.07) is 11.4. The number of hydrogen-bond donors (Lipinski definition) is 1. The summed E-state index contributed by atoms with van der Waals surface area (Å²) in [5.74, 6) is -0.215. The molecule has 1 heterocycles. The summed E-state index contributed by atoms with van der Waals surface area (Å²) in [6.07, 6.45) is 0. The summed E-state index contributed by atoms with van der Waals surface area (Å²) in [5.41, 5.74) is 1.91. The van der Waals surface area contributed by atoms with Crippen LogP contribution < -0.4 is 0 Å². The third-order valence-electron chi connectivity index (χ3n) is 2.74. The van der Waals surface area contributed by atoms with E-state index in [4.69, 9.17) is 10.7 Å². The van der Waals surface area contributed by atoms with Crippen molar-refractivity contribution in [3.05, 3.63) is 41.5 Å². The van der Waals surface area contributed by atoms with Crippen LogP contribution in [0.4, 0.5) is 0 Å². The van der Waals surface area contributed by atoms with Crippen molar-refractivity contribution in [1.82, 2.24) is 4.90 Å². The van der Waals surface area contributed by atoms with Crippen LogP contribution in [0, 0.1) is 16.7 Å². The summed E-state index contributed by atoms with van der Waals surface area (Å²) < 4.78 is 0. The standard InChI is InChI=1S/C13H11N3O/c1-9(17)16-8-12(11(7-14)13(16)15)10-5-3-2-4-6-10/h2-6,15H,8H2,1H3. The van der Waals surface area contributed by atoms with Gasteiger partial charge >= 0.3 is 0 Å². The highest BCUT2D eigenvalue weighted by molar-refractivity contribution is 6.16. The number of benzene rings is 1. The lowest BCUT2D eigenvalue weighted by molar-refractivity contribution is -0.124. The van der Waals surface area contributed by atoms with Gasteiger partial charge in [0.25, 0.3) is 0 Å². The number of amides is 1. The van der Waals surface area contributed by atoms with E-state index in [1.807, 2.05) is 36.4 Å². The molecule has 0 bridgehead atoms. The number of hydrogen-bond acceptors (Lipinski definition) is 3. The molecule has 1 aromatic rings. The first kappa shape index (κ1) is 11.1. The van der Waals surface area contributed by atoms with Gasteiger partial charge in [-0.3, -0.25) is 15.1 Å². The second-order valence-electron chi connectivity index (χ2n) is 3.79. The third-order valence-corrected chi connectivity index (χ3v) is 2.74. The first-order valence-corrected chi connectivity index (χ1v) is 5.21. The fraction of sp³-hybridized carbons (Fsp3) is 0.154. The molecule has 0 saturated heterocycles. The van der Waals surface area contributed by atoms with E-state index in [2.05, 4.69) is 0 Å². The maximum Gasteiger partial charge on any atom is 0.225 e. The lowest BCUT2D eigenvalue weighted by atomic mass is 10.0. The van der Waals surface area contributed by atoms with E-state index in [-0.39, 0.29) is 17.3 Å². The van der Waals surface area contributed by atoms with E-state index in [1.54, 1.807) is 0 Å². The van der Waals surface area contributed by atoms with Crippen LogP contribution in [0.3, 0.4) is 0 Å². The molecule has 0 aliphatic carbocycles. The molecule has 0 saturated carbocycles. The van der Waals surface area contributed by atoms with Crippen LogP contribution in [0.1, 0.15) is 12.5 Å². The summed E-state index contributed by atoms with van der Waals surface area (Å²) in [5, 5.41) is 16.9. The first-order chi connectivity index (χ1) is 8.15. The Bertz CT molecular complexity index is 552. The van der Waals surface area contributed by atoms with Gasteiger partial charge in [-0.15, -0.1) is 0 Å². The van der Waals surface area contributed by atoms with Crippen molar-refractivity contribution in [2.24, 2.45) is 0 Å². The van der Waals surface area contributed by atoms with Gasteiger partial charge in [-0.25, -0.2) is 0 Å². The number of nitrogens with zero attached hydrogens (tertiary/aromatic N) is 2. The van der Waals surface area contributed by atoms with Crippen LogP contribution in [0.25, 0.3) is 5.57 Å². The predicted octanol–water partition coefficient (Wildman–Crippen LogP) is 1.80. The zero-order valence-corrected chi connectivity index (χ0v) is 9.40. The van der Waals surface area contributed by atoms with Crippen LogP contribution >= 0.6 is 0 Å². The summed E-state index contributed by atoms with van der Waals surface area (Å²) in [6.45, 7) is 1.71. The van der Waals surface area contributed by atoms with Crippen molar-refractivity contribution in [3.8, 4) is 6.07 Å². The van der Waals surface area contributed by atoms with E-state index in [0.29, 0.717) is 6.54 Å². The quantitative estimate of drug-likeness (QED) is 0.791. The minimum atomic E-state index is -0.214. The molecule has 0 atom stereocenters. The van der Waals surface area contributed by atoms with E-state index in [1.165, 1.54) is 11.8 Å². The molecule has 1 aliphatic heterocycles. The average molecular weight is 225 g/mol. The fourth-order valence-electron chi connectivity index (χ4n) is 1.86. The Labute approximate surface area is 99.3 Å². The van der Waals surface area contributed by atoms with Gasteiger partial charge in [0.15, 0.2) is 0 Å². The molecule has 17 heavy (non-hydrogen) atoms. The summed E-state index contributed by atoms with van der Waals surface area (Å²) in [4.78, 5) is 12.7. The smallest absolute Gasteiger partial charge is 0.225 e. The zero-order valence-electron chi connectivity index (χ0n) is 9.40. The van der Waals surface area contributed by atoms with Crippen molar-refractivity contribution < 1.29 is 4.79 Å². The Kier molecular flexibility index (Phi) is 2.75. The van der Waals surface area contributed by atoms with Crippen molar-refractivity contribution >= 4 is 17.3 Å². The highest BCUT2D eigenvalue weighted by Gasteiger charge is 2.30. The van der Waals surface area contributed by atoms with Crippen LogP contribution in [0.2, 0.25) is 0 Å². The van der Waals surface area contributed by atoms with Gasteiger partial charge in [-0.05, 0) is 5.56 Å². The Morgan fingerprint density at radius 1 is 1.41 bits per heavy atom. The molecule has 84 valence electrons. The molecule has 1 aliphatic rings. The van der Waals surface area contributed by atoms with E-state index in [9.17, 15) is 4.79 Å². The molecule has 4 heteroatoms. The number of nitriles is 1. The van der Waals surface area contributed by atoms with E-state index < -0.39 is 0 Å². The van der Waals surface area contributed by atoms with Crippen LogP contribution in [-0.2, 0) is 4.79 Å². The van der Waals surface area contributed by atoms with Crippen LogP contribution in [-0.4, -0.2) is 23.2 Å². The monoisotopic (exact) mass is 225 g/mol. The molecular weight excluding hydrogens is 214 g/mol. The van der Waals surface area contributed by atoms with Crippen LogP contribution in [0.15, 0.2) is 35.9 Å². The van der Waals surface area contributed by atoms with Crippen molar-refractivity contribution in [1.29, 1.82) is 10.7 Å². The van der Waals surface area contributed by atoms with Gasteiger partial charge in [0.1, 0.15) is 11.9 Å². The molecule has 1 N–H and O–H groups in total. The Morgan fingerprint density at radius 2 is 2.06 bits per heavy atom. The maximum atomic E-state index is 11.3. The van der Waals surface area contributed by atoms with Gasteiger partial charge in [0.2, 0.25) is 5.91 Å². The molecule has 0 radical (unpaired) electrons. The number of nitrogens with one attached hydrogen (secondary N) is 1. The summed E-state index contributed by atoms with van der Waals surface area (Å²) in [7, 11) is 0. The molecule has 0 aromatic heterocycles. The predicted molar refractivity (Wildman–Crippen MR) is 64.1 cm³/mol. The molecule has 0 fully saturated rings. The van der Waals surface area contributed by atoms with Gasteiger partial charge < -0.3 is 0 Å². The van der Waals surface area contributed by atoms with Crippen molar-refractivity contribution in [3.63, 3.8) is 0 Å². The van der Waals surface area contributed by atoms with Gasteiger partial charge in [-0.2, -0.15) is 5.26 Å². The Balaban J connectivity index is 2.47. The molecular formula is C13H11N3O. The second kappa shape index (κ2) is 4.22. The second-order valence-corrected chi connectivity index (χ2v) is 3.79. The van der Waals surface area contributed by atoms with Crippen LogP contribution in [0.5, 0.6) is 0 Å². The largest absolute Gasteiger partial charge is 0.292 e. The SMILES string of the molecule is CC(=O)N1CC(c2ccccc2)=C(C#N)C1=N. The van der Waals surface area contributed by atoms with Gasteiger partial charge in [0.05, 0.1) is 12.1 Å². The first-order valence-electron chi connectivity index (χ1n) is 5.21. The number of rotatable bonds is 1. The molecule has 1 amide bonds. The topological polar surface area (TPSA) is 68.0 Å². The number of amidine groups is 1. The maximum absolute atomic E-state index is 11.3. The summed E-state index contributed by atoms with van der Waals surface area (Å²) >= 11 is 0. The number of carbonyl (C=O) groups excluding carboxylic acids is 1. The lowest BCUT2D eigenvalue weighted by Gasteiger charge is -2.13. The Morgan fingerprint density at radius 3 is 2.59 bits per heavy atom. The highest BCUT2D eigenvalue weighted by Crippen LogP contribution is 2.27. The molecule has 2 rings (SSSR count). The minimum Gasteiger partial charge on any atom is -0.292 e. The zero-order chi connectivity index (χ0) is 12.4. The normalized spacial score (nSPS) is 15.1. The van der Waals surface area contributed by atoms with Crippen molar-refractivity contribution in [2.75, 3.05) is 6.54 Å². The van der Waals surface area contributed by atoms with Crippen molar-refractivity contribution in [2.45, 2.75) is 6.92 Å². The molecule has 0 unspecified atom stereocenters. The van der Waals surface area contributed by atoms with E-state index in [0.717, 1.165) is 11.1 Å². The molecule has 1 aromatic carbocycles. The average Bonchev–Trinajstić information content (AvgIpc) is 2.67. The van der Waals surface area contributed by atoms with E-state index >= 15 is 0 Å². The van der Waals surface area contributed by atoms with Gasteiger partial charge in [0, 0.05) is 12.5 Å². The molecule has 4 nitrogen and oxygen atoms in total.